The van der Waals surface area contributed by atoms with Crippen LogP contribution >= 0.6 is 0 Å². The Balaban J connectivity index is 2.00. The second-order valence-electron chi connectivity index (χ2n) is 4.87. The second kappa shape index (κ2) is 5.52. The number of aliphatic hydroxyl groups excluding tert-OH is 1. The van der Waals surface area contributed by atoms with E-state index in [0.717, 1.165) is 37.0 Å². The van der Waals surface area contributed by atoms with Crippen LogP contribution in [-0.2, 0) is 0 Å². The summed E-state index contributed by atoms with van der Waals surface area (Å²) in [5.74, 6) is 1.35. The van der Waals surface area contributed by atoms with E-state index in [1.807, 2.05) is 24.3 Å². The molecule has 1 unspecified atom stereocenters. The quantitative estimate of drug-likeness (QED) is 0.844. The van der Waals surface area contributed by atoms with Crippen molar-refractivity contribution in [3.63, 3.8) is 0 Å². The topological polar surface area (TPSA) is 55.5 Å². The average molecular weight is 235 g/mol. The monoisotopic (exact) mass is 235 g/mol. The standard InChI is InChI=1S/C14H21NO2/c1-17-13-8-4-11(5-9-13)14(15)10-2-6-12(16)7-3-10/h4-5,8-10,12,14,16H,2-3,6-7,15H2,1H3. The van der Waals surface area contributed by atoms with Crippen molar-refractivity contribution in [3.05, 3.63) is 29.8 Å². The molecular weight excluding hydrogens is 214 g/mol. The zero-order valence-electron chi connectivity index (χ0n) is 10.3. The van der Waals surface area contributed by atoms with E-state index >= 15 is 0 Å². The van der Waals surface area contributed by atoms with Crippen molar-refractivity contribution < 1.29 is 9.84 Å². The number of benzene rings is 1. The van der Waals surface area contributed by atoms with Crippen molar-refractivity contribution in [1.82, 2.24) is 0 Å². The summed E-state index contributed by atoms with van der Waals surface area (Å²) in [6.45, 7) is 0. The van der Waals surface area contributed by atoms with Crippen LogP contribution in [0, 0.1) is 5.92 Å². The molecule has 1 saturated carbocycles. The fourth-order valence-electron chi connectivity index (χ4n) is 2.56. The van der Waals surface area contributed by atoms with Gasteiger partial charge in [-0.15, -0.1) is 0 Å². The van der Waals surface area contributed by atoms with Gasteiger partial charge in [0.25, 0.3) is 0 Å². The van der Waals surface area contributed by atoms with Crippen LogP contribution in [0.15, 0.2) is 24.3 Å². The molecule has 0 heterocycles. The van der Waals surface area contributed by atoms with E-state index < -0.39 is 0 Å². The lowest BCUT2D eigenvalue weighted by Crippen LogP contribution is -2.27. The van der Waals surface area contributed by atoms with E-state index in [-0.39, 0.29) is 12.1 Å². The number of rotatable bonds is 3. The Morgan fingerprint density at radius 3 is 2.29 bits per heavy atom. The van der Waals surface area contributed by atoms with Crippen LogP contribution in [0.4, 0.5) is 0 Å². The molecule has 17 heavy (non-hydrogen) atoms. The summed E-state index contributed by atoms with van der Waals surface area (Å²) in [5.41, 5.74) is 7.44. The predicted octanol–water partition coefficient (Wildman–Crippen LogP) is 2.25. The van der Waals surface area contributed by atoms with Crippen molar-refractivity contribution >= 4 is 0 Å². The van der Waals surface area contributed by atoms with Gasteiger partial charge in [0.2, 0.25) is 0 Å². The lowest BCUT2D eigenvalue weighted by atomic mass is 9.80. The highest BCUT2D eigenvalue weighted by atomic mass is 16.5. The zero-order chi connectivity index (χ0) is 12.3. The Bertz CT molecular complexity index is 342. The molecule has 0 saturated heterocycles. The van der Waals surface area contributed by atoms with E-state index in [4.69, 9.17) is 10.5 Å². The Kier molecular flexibility index (Phi) is 4.02. The molecule has 94 valence electrons. The van der Waals surface area contributed by atoms with Crippen LogP contribution in [0.3, 0.4) is 0 Å². The van der Waals surface area contributed by atoms with Crippen molar-refractivity contribution in [2.75, 3.05) is 7.11 Å². The second-order valence-corrected chi connectivity index (χ2v) is 4.87. The third-order valence-corrected chi connectivity index (χ3v) is 3.75. The number of methoxy groups -OCH3 is 1. The van der Waals surface area contributed by atoms with Crippen molar-refractivity contribution in [2.24, 2.45) is 11.7 Å². The molecule has 1 atom stereocenters. The summed E-state index contributed by atoms with van der Waals surface area (Å²) in [5, 5.41) is 9.49. The van der Waals surface area contributed by atoms with Gasteiger partial charge in [0, 0.05) is 6.04 Å². The molecule has 0 aliphatic heterocycles. The molecule has 2 rings (SSSR count). The molecule has 0 aromatic heterocycles. The van der Waals surface area contributed by atoms with Gasteiger partial charge in [-0.05, 0) is 49.3 Å². The minimum atomic E-state index is -0.116. The van der Waals surface area contributed by atoms with Gasteiger partial charge in [-0.25, -0.2) is 0 Å². The lowest BCUT2D eigenvalue weighted by molar-refractivity contribution is 0.102. The molecular formula is C14H21NO2. The van der Waals surface area contributed by atoms with Gasteiger partial charge in [0.05, 0.1) is 13.2 Å². The zero-order valence-corrected chi connectivity index (χ0v) is 10.3. The summed E-state index contributed by atoms with van der Waals surface area (Å²) in [7, 11) is 1.66. The third kappa shape index (κ3) is 2.99. The number of hydrogen-bond donors (Lipinski definition) is 2. The normalized spacial score (nSPS) is 26.5. The van der Waals surface area contributed by atoms with E-state index in [2.05, 4.69) is 0 Å². The maximum atomic E-state index is 9.49. The molecule has 0 radical (unpaired) electrons. The summed E-state index contributed by atoms with van der Waals surface area (Å²) in [6, 6.07) is 8.05. The summed E-state index contributed by atoms with van der Waals surface area (Å²) in [6.07, 6.45) is 3.69. The van der Waals surface area contributed by atoms with Gasteiger partial charge in [-0.2, -0.15) is 0 Å². The smallest absolute Gasteiger partial charge is 0.118 e. The number of hydrogen-bond acceptors (Lipinski definition) is 3. The minimum Gasteiger partial charge on any atom is -0.497 e. The Morgan fingerprint density at radius 1 is 1.18 bits per heavy atom. The van der Waals surface area contributed by atoms with Gasteiger partial charge in [0.1, 0.15) is 5.75 Å². The number of nitrogens with two attached hydrogens (primary N) is 1. The molecule has 0 amide bonds. The van der Waals surface area contributed by atoms with Gasteiger partial charge in [0.15, 0.2) is 0 Å². The fourth-order valence-corrected chi connectivity index (χ4v) is 2.56. The van der Waals surface area contributed by atoms with Crippen LogP contribution in [0.5, 0.6) is 5.75 Å². The minimum absolute atomic E-state index is 0.0772. The van der Waals surface area contributed by atoms with Crippen LogP contribution in [0.2, 0.25) is 0 Å². The van der Waals surface area contributed by atoms with E-state index in [9.17, 15) is 5.11 Å². The van der Waals surface area contributed by atoms with E-state index in [1.165, 1.54) is 0 Å². The highest BCUT2D eigenvalue weighted by Crippen LogP contribution is 2.33. The maximum Gasteiger partial charge on any atom is 0.118 e. The van der Waals surface area contributed by atoms with Gasteiger partial charge in [-0.3, -0.25) is 0 Å². The molecule has 1 aliphatic rings. The number of aliphatic hydroxyl groups is 1. The SMILES string of the molecule is COc1ccc(C(N)C2CCC(O)CC2)cc1. The van der Waals surface area contributed by atoms with Gasteiger partial charge >= 0.3 is 0 Å². The first-order valence-electron chi connectivity index (χ1n) is 6.28. The van der Waals surface area contributed by atoms with Crippen molar-refractivity contribution in [1.29, 1.82) is 0 Å². The molecule has 1 aromatic rings. The molecule has 1 aliphatic carbocycles. The van der Waals surface area contributed by atoms with Crippen molar-refractivity contribution in [3.8, 4) is 5.75 Å². The first-order valence-corrected chi connectivity index (χ1v) is 6.28. The van der Waals surface area contributed by atoms with Gasteiger partial charge in [-0.1, -0.05) is 12.1 Å². The highest BCUT2D eigenvalue weighted by molar-refractivity contribution is 5.29. The summed E-state index contributed by atoms with van der Waals surface area (Å²) in [4.78, 5) is 0. The van der Waals surface area contributed by atoms with Crippen LogP contribution < -0.4 is 10.5 Å². The molecule has 3 nitrogen and oxygen atoms in total. The third-order valence-electron chi connectivity index (χ3n) is 3.75. The van der Waals surface area contributed by atoms with E-state index in [0.29, 0.717) is 5.92 Å². The molecule has 1 aromatic carbocycles. The molecule has 3 N–H and O–H groups in total. The molecule has 0 bridgehead atoms. The first-order chi connectivity index (χ1) is 8.20. The van der Waals surface area contributed by atoms with Crippen LogP contribution in [0.1, 0.15) is 37.3 Å². The largest absolute Gasteiger partial charge is 0.497 e. The number of ether oxygens (including phenoxy) is 1. The van der Waals surface area contributed by atoms with Crippen LogP contribution in [0.25, 0.3) is 0 Å². The molecule has 3 heteroatoms. The maximum absolute atomic E-state index is 9.49. The van der Waals surface area contributed by atoms with E-state index in [1.54, 1.807) is 7.11 Å². The average Bonchev–Trinajstić information content (AvgIpc) is 2.39. The Morgan fingerprint density at radius 2 is 1.76 bits per heavy atom. The molecule has 0 spiro atoms. The highest BCUT2D eigenvalue weighted by Gasteiger charge is 2.25. The summed E-state index contributed by atoms with van der Waals surface area (Å²) >= 11 is 0. The first kappa shape index (κ1) is 12.4. The predicted molar refractivity (Wildman–Crippen MR) is 67.9 cm³/mol. The van der Waals surface area contributed by atoms with Crippen molar-refractivity contribution in [2.45, 2.75) is 37.8 Å². The Labute approximate surface area is 103 Å². The molecule has 1 fully saturated rings. The van der Waals surface area contributed by atoms with Crippen LogP contribution in [-0.4, -0.2) is 18.3 Å². The Hall–Kier alpha value is -1.06. The lowest BCUT2D eigenvalue weighted by Gasteiger charge is -2.30. The summed E-state index contributed by atoms with van der Waals surface area (Å²) < 4.78 is 5.13. The fraction of sp³-hybridized carbons (Fsp3) is 0.571. The van der Waals surface area contributed by atoms with Gasteiger partial charge < -0.3 is 15.6 Å².